The molecule has 0 aromatic carbocycles. The molecule has 3 unspecified atom stereocenters. The normalized spacial score (nSPS) is 13.3. The number of amides is 1. The molecule has 0 spiro atoms. The smallest absolute Gasteiger partial charge is 0.308 e. The third-order valence-corrected chi connectivity index (χ3v) is 10.6. The maximum Gasteiger partial charge on any atom is 0.308 e. The van der Waals surface area contributed by atoms with Crippen LogP contribution in [0.4, 0.5) is 0 Å². The summed E-state index contributed by atoms with van der Waals surface area (Å²) in [6, 6.07) is 0.0928. The molecule has 0 heterocycles. The lowest BCUT2D eigenvalue weighted by molar-refractivity contribution is -0.152. The molecule has 50 heavy (non-hydrogen) atoms. The van der Waals surface area contributed by atoms with E-state index in [9.17, 15) is 14.4 Å². The van der Waals surface area contributed by atoms with Crippen molar-refractivity contribution >= 4 is 17.8 Å². The Labute approximate surface area is 310 Å². The van der Waals surface area contributed by atoms with Gasteiger partial charge in [0.1, 0.15) is 13.2 Å². The van der Waals surface area contributed by atoms with Crippen molar-refractivity contribution in [3.63, 3.8) is 0 Å². The minimum absolute atomic E-state index is 0.00726. The number of rotatable bonds is 36. The van der Waals surface area contributed by atoms with Crippen LogP contribution in [0, 0.1) is 11.8 Å². The average molecular weight is 709 g/mol. The van der Waals surface area contributed by atoms with Crippen LogP contribution in [-0.4, -0.2) is 73.6 Å². The standard InChI is InChI=1S/C43H84N2O5/c1-8-13-17-19-21-23-25-27-31-39(29-15-10-3)42(47)49-35-33-45(41(46)37-38(6)44(7)12-5)34-36-50-43(48)40(30-16-11-4)32-28-26-24-22-20-18-14-9-2/h38-40H,8-37H2,1-7H3. The number of carbonyl (C=O) groups excluding carboxylic acids is 3. The lowest BCUT2D eigenvalue weighted by Gasteiger charge is -2.28. The van der Waals surface area contributed by atoms with Gasteiger partial charge in [0, 0.05) is 12.5 Å². The number of hydrogen-bond donors (Lipinski definition) is 0. The van der Waals surface area contributed by atoms with Crippen LogP contribution in [-0.2, 0) is 23.9 Å². The Kier molecular flexibility index (Phi) is 33.3. The van der Waals surface area contributed by atoms with Crippen molar-refractivity contribution in [2.24, 2.45) is 11.8 Å². The largest absolute Gasteiger partial charge is 0.464 e. The van der Waals surface area contributed by atoms with Gasteiger partial charge in [-0.2, -0.15) is 0 Å². The summed E-state index contributed by atoms with van der Waals surface area (Å²) in [5.41, 5.74) is 0. The Morgan fingerprint density at radius 1 is 0.500 bits per heavy atom. The van der Waals surface area contributed by atoms with Crippen LogP contribution in [0.25, 0.3) is 0 Å². The quantitative estimate of drug-likeness (QED) is 0.0476. The maximum atomic E-state index is 13.5. The molecular formula is C43H84N2O5. The molecule has 0 radical (unpaired) electrons. The molecule has 1 amide bonds. The molecule has 0 N–H and O–H groups in total. The highest BCUT2D eigenvalue weighted by atomic mass is 16.5. The first-order valence-corrected chi connectivity index (χ1v) is 21.6. The van der Waals surface area contributed by atoms with Gasteiger partial charge in [0.05, 0.1) is 24.9 Å². The minimum Gasteiger partial charge on any atom is -0.464 e. The second kappa shape index (κ2) is 34.5. The van der Waals surface area contributed by atoms with Gasteiger partial charge >= 0.3 is 11.9 Å². The summed E-state index contributed by atoms with van der Waals surface area (Å²) < 4.78 is 11.7. The molecule has 0 fully saturated rings. The third kappa shape index (κ3) is 26.2. The number of hydrogen-bond acceptors (Lipinski definition) is 6. The van der Waals surface area contributed by atoms with Gasteiger partial charge in [-0.3, -0.25) is 14.4 Å². The fourth-order valence-corrected chi connectivity index (χ4v) is 6.67. The third-order valence-electron chi connectivity index (χ3n) is 10.6. The first-order chi connectivity index (χ1) is 24.2. The molecule has 0 saturated carbocycles. The summed E-state index contributed by atoms with van der Waals surface area (Å²) in [5, 5.41) is 0. The second-order valence-electron chi connectivity index (χ2n) is 15.0. The Morgan fingerprint density at radius 2 is 0.840 bits per heavy atom. The summed E-state index contributed by atoms with van der Waals surface area (Å²) in [7, 11) is 2.03. The van der Waals surface area contributed by atoms with E-state index in [0.717, 1.165) is 70.8 Å². The lowest BCUT2D eigenvalue weighted by Crippen LogP contribution is -2.41. The molecule has 0 aromatic rings. The highest BCUT2D eigenvalue weighted by molar-refractivity contribution is 5.77. The van der Waals surface area contributed by atoms with Crippen LogP contribution < -0.4 is 0 Å². The van der Waals surface area contributed by atoms with E-state index in [1.54, 1.807) is 4.90 Å². The fraction of sp³-hybridized carbons (Fsp3) is 0.930. The van der Waals surface area contributed by atoms with E-state index in [-0.39, 0.29) is 48.9 Å². The van der Waals surface area contributed by atoms with Crippen molar-refractivity contribution in [1.29, 1.82) is 0 Å². The number of unbranched alkanes of at least 4 members (excludes halogenated alkanes) is 16. The van der Waals surface area contributed by atoms with Crippen molar-refractivity contribution in [1.82, 2.24) is 9.80 Å². The van der Waals surface area contributed by atoms with E-state index in [4.69, 9.17) is 9.47 Å². The molecule has 0 aliphatic heterocycles. The fourth-order valence-electron chi connectivity index (χ4n) is 6.67. The predicted molar refractivity (Wildman–Crippen MR) is 211 cm³/mol. The zero-order valence-corrected chi connectivity index (χ0v) is 34.4. The van der Waals surface area contributed by atoms with Crippen LogP contribution >= 0.6 is 0 Å². The van der Waals surface area contributed by atoms with Gasteiger partial charge < -0.3 is 19.3 Å². The van der Waals surface area contributed by atoms with Gasteiger partial charge in [0.25, 0.3) is 0 Å². The Bertz CT molecular complexity index is 756. The first-order valence-electron chi connectivity index (χ1n) is 21.6. The van der Waals surface area contributed by atoms with Crippen LogP contribution in [0.2, 0.25) is 0 Å². The van der Waals surface area contributed by atoms with Gasteiger partial charge in [0.2, 0.25) is 5.91 Å². The molecule has 296 valence electrons. The molecule has 0 aliphatic rings. The Hall–Kier alpha value is -1.63. The highest BCUT2D eigenvalue weighted by Crippen LogP contribution is 2.21. The summed E-state index contributed by atoms with van der Waals surface area (Å²) in [4.78, 5) is 43.7. The second-order valence-corrected chi connectivity index (χ2v) is 15.0. The Morgan fingerprint density at radius 3 is 1.20 bits per heavy atom. The van der Waals surface area contributed by atoms with Gasteiger partial charge in [-0.05, 0) is 46.2 Å². The lowest BCUT2D eigenvalue weighted by atomic mass is 9.95. The molecule has 0 aliphatic carbocycles. The van der Waals surface area contributed by atoms with Crippen molar-refractivity contribution < 1.29 is 23.9 Å². The van der Waals surface area contributed by atoms with Gasteiger partial charge in [0.15, 0.2) is 0 Å². The first kappa shape index (κ1) is 48.4. The zero-order chi connectivity index (χ0) is 37.2. The predicted octanol–water partition coefficient (Wildman–Crippen LogP) is 11.3. The molecule has 0 saturated heterocycles. The summed E-state index contributed by atoms with van der Waals surface area (Å²) in [6.45, 7) is 14.8. The van der Waals surface area contributed by atoms with Crippen LogP contribution in [0.5, 0.6) is 0 Å². The van der Waals surface area contributed by atoms with Crippen LogP contribution in [0.3, 0.4) is 0 Å². The van der Waals surface area contributed by atoms with Gasteiger partial charge in [-0.15, -0.1) is 0 Å². The van der Waals surface area contributed by atoms with E-state index in [1.165, 1.54) is 89.9 Å². The van der Waals surface area contributed by atoms with Gasteiger partial charge in [-0.25, -0.2) is 0 Å². The monoisotopic (exact) mass is 709 g/mol. The summed E-state index contributed by atoms with van der Waals surface area (Å²) in [5.74, 6) is -0.384. The van der Waals surface area contributed by atoms with Crippen molar-refractivity contribution in [2.45, 2.75) is 208 Å². The van der Waals surface area contributed by atoms with Crippen molar-refractivity contribution in [2.75, 3.05) is 39.9 Å². The van der Waals surface area contributed by atoms with E-state index in [0.29, 0.717) is 19.5 Å². The molecular weight excluding hydrogens is 624 g/mol. The van der Waals surface area contributed by atoms with Crippen LogP contribution in [0.1, 0.15) is 202 Å². The molecule has 0 bridgehead atoms. The molecule has 7 nitrogen and oxygen atoms in total. The number of nitrogens with zero attached hydrogens (tertiary/aromatic N) is 2. The zero-order valence-electron chi connectivity index (χ0n) is 34.4. The van der Waals surface area contributed by atoms with Crippen molar-refractivity contribution in [3.05, 3.63) is 0 Å². The minimum atomic E-state index is -0.126. The van der Waals surface area contributed by atoms with E-state index < -0.39 is 0 Å². The SMILES string of the molecule is CCCCCCCCCCC(CCCC)C(=O)OCCN(CCOC(=O)C(CCCC)CCCCCCCCCC)C(=O)CC(C)N(C)CC. The Balaban J connectivity index is 5.07. The summed E-state index contributed by atoms with van der Waals surface area (Å²) >= 11 is 0. The average Bonchev–Trinajstić information content (AvgIpc) is 3.11. The molecule has 3 atom stereocenters. The maximum absolute atomic E-state index is 13.5. The number of esters is 2. The summed E-state index contributed by atoms with van der Waals surface area (Å²) in [6.07, 6.45) is 28.0. The van der Waals surface area contributed by atoms with E-state index in [2.05, 4.69) is 46.4 Å². The highest BCUT2D eigenvalue weighted by Gasteiger charge is 2.24. The molecule has 0 rings (SSSR count). The van der Waals surface area contributed by atoms with E-state index >= 15 is 0 Å². The van der Waals surface area contributed by atoms with Crippen molar-refractivity contribution in [3.8, 4) is 0 Å². The molecule has 7 heteroatoms. The number of ether oxygens (including phenoxy) is 2. The molecule has 0 aromatic heterocycles. The number of carbonyl (C=O) groups is 3. The van der Waals surface area contributed by atoms with Gasteiger partial charge in [-0.1, -0.05) is 163 Å². The van der Waals surface area contributed by atoms with E-state index in [1.807, 2.05) is 7.05 Å². The van der Waals surface area contributed by atoms with Crippen LogP contribution in [0.15, 0.2) is 0 Å². The topological polar surface area (TPSA) is 76.1 Å².